The molecule has 0 saturated heterocycles. The van der Waals surface area contributed by atoms with E-state index >= 15 is 0 Å². The van der Waals surface area contributed by atoms with E-state index in [0.717, 1.165) is 31.2 Å². The Morgan fingerprint density at radius 2 is 1.52 bits per heavy atom. The van der Waals surface area contributed by atoms with Crippen LogP contribution in [0.3, 0.4) is 0 Å². The number of hydrogen-bond acceptors (Lipinski definition) is 5. The van der Waals surface area contributed by atoms with E-state index in [9.17, 15) is 5.11 Å². The summed E-state index contributed by atoms with van der Waals surface area (Å²) in [6, 6.07) is 3.87. The van der Waals surface area contributed by atoms with Crippen LogP contribution in [0.15, 0.2) is 12.1 Å². The Hall–Kier alpha value is -1.46. The summed E-state index contributed by atoms with van der Waals surface area (Å²) in [6.07, 6.45) is 6.46. The fraction of sp³-hybridized carbons (Fsp3) is 0.667. The van der Waals surface area contributed by atoms with E-state index in [4.69, 9.17) is 14.2 Å². The first kappa shape index (κ1) is 17.9. The molecule has 0 spiro atoms. The molecule has 1 aromatic carbocycles. The monoisotopic (exact) mass is 323 g/mol. The second-order valence-corrected chi connectivity index (χ2v) is 6.28. The molecule has 1 aliphatic carbocycles. The van der Waals surface area contributed by atoms with Crippen LogP contribution in [-0.2, 0) is 6.54 Å². The minimum Gasteiger partial charge on any atom is -0.493 e. The lowest BCUT2D eigenvalue weighted by atomic mass is 9.94. The van der Waals surface area contributed by atoms with Crippen LogP contribution in [0.5, 0.6) is 17.2 Å². The first-order valence-electron chi connectivity index (χ1n) is 8.34. The highest BCUT2D eigenvalue weighted by Gasteiger charge is 2.27. The van der Waals surface area contributed by atoms with Gasteiger partial charge in [-0.3, -0.25) is 0 Å². The van der Waals surface area contributed by atoms with Gasteiger partial charge in [0.2, 0.25) is 5.75 Å². The van der Waals surface area contributed by atoms with Crippen molar-refractivity contribution in [3.8, 4) is 17.2 Å². The molecule has 0 unspecified atom stereocenters. The molecule has 130 valence electrons. The van der Waals surface area contributed by atoms with Gasteiger partial charge in [0.25, 0.3) is 0 Å². The van der Waals surface area contributed by atoms with Gasteiger partial charge in [0.1, 0.15) is 0 Å². The van der Waals surface area contributed by atoms with Crippen molar-refractivity contribution >= 4 is 0 Å². The van der Waals surface area contributed by atoms with E-state index in [-0.39, 0.29) is 0 Å². The highest BCUT2D eigenvalue weighted by Crippen LogP contribution is 2.38. The normalized spacial score (nSPS) is 17.4. The van der Waals surface area contributed by atoms with Gasteiger partial charge in [0.15, 0.2) is 11.5 Å². The third-order valence-corrected chi connectivity index (χ3v) is 4.54. The van der Waals surface area contributed by atoms with Crippen LogP contribution in [-0.4, -0.2) is 38.6 Å². The number of aliphatic hydroxyl groups is 1. The lowest BCUT2D eigenvalue weighted by Gasteiger charge is -2.27. The van der Waals surface area contributed by atoms with Crippen molar-refractivity contribution in [2.24, 2.45) is 0 Å². The van der Waals surface area contributed by atoms with Crippen molar-refractivity contribution in [3.05, 3.63) is 17.7 Å². The largest absolute Gasteiger partial charge is 0.493 e. The molecule has 1 fully saturated rings. The number of rotatable bonds is 7. The van der Waals surface area contributed by atoms with Crippen molar-refractivity contribution < 1.29 is 19.3 Å². The summed E-state index contributed by atoms with van der Waals surface area (Å²) in [5.74, 6) is 1.90. The lowest BCUT2D eigenvalue weighted by Crippen LogP contribution is -2.39. The van der Waals surface area contributed by atoms with Crippen molar-refractivity contribution in [2.75, 3.05) is 27.9 Å². The number of ether oxygens (including phenoxy) is 3. The number of hydrogen-bond donors (Lipinski definition) is 2. The number of nitrogens with one attached hydrogen (secondary N) is 1. The molecule has 2 N–H and O–H groups in total. The number of benzene rings is 1. The fourth-order valence-corrected chi connectivity index (χ4v) is 3.24. The van der Waals surface area contributed by atoms with E-state index < -0.39 is 5.60 Å². The third-order valence-electron chi connectivity index (χ3n) is 4.54. The Kier molecular flexibility index (Phi) is 6.54. The average molecular weight is 323 g/mol. The van der Waals surface area contributed by atoms with Gasteiger partial charge in [-0.05, 0) is 30.5 Å². The molecule has 0 heterocycles. The smallest absolute Gasteiger partial charge is 0.203 e. The van der Waals surface area contributed by atoms with E-state index in [2.05, 4.69) is 5.32 Å². The molecule has 0 radical (unpaired) electrons. The first-order valence-corrected chi connectivity index (χ1v) is 8.34. The van der Waals surface area contributed by atoms with Gasteiger partial charge >= 0.3 is 0 Å². The summed E-state index contributed by atoms with van der Waals surface area (Å²) >= 11 is 0. The predicted molar refractivity (Wildman–Crippen MR) is 90.5 cm³/mol. The van der Waals surface area contributed by atoms with E-state index in [1.807, 2.05) is 12.1 Å². The molecular weight excluding hydrogens is 294 g/mol. The molecule has 23 heavy (non-hydrogen) atoms. The molecule has 5 heteroatoms. The zero-order valence-electron chi connectivity index (χ0n) is 14.5. The lowest BCUT2D eigenvalue weighted by molar-refractivity contribution is 0.0250. The van der Waals surface area contributed by atoms with Gasteiger partial charge < -0.3 is 24.6 Å². The maximum atomic E-state index is 10.7. The summed E-state index contributed by atoms with van der Waals surface area (Å²) in [4.78, 5) is 0. The van der Waals surface area contributed by atoms with Crippen molar-refractivity contribution in [1.29, 1.82) is 0 Å². The SMILES string of the molecule is COc1cc(CNCC2(O)CCCCCC2)cc(OC)c1OC. The van der Waals surface area contributed by atoms with Crippen molar-refractivity contribution in [3.63, 3.8) is 0 Å². The van der Waals surface area contributed by atoms with Gasteiger partial charge in [-0.15, -0.1) is 0 Å². The Morgan fingerprint density at radius 1 is 0.957 bits per heavy atom. The minimum atomic E-state index is -0.572. The standard InChI is InChI=1S/C18H29NO4/c1-21-15-10-14(11-16(22-2)17(15)23-3)12-19-13-18(20)8-6-4-5-7-9-18/h10-11,19-20H,4-9,12-13H2,1-3H3. The van der Waals surface area contributed by atoms with Crippen LogP contribution in [0.4, 0.5) is 0 Å². The molecular formula is C18H29NO4. The zero-order valence-corrected chi connectivity index (χ0v) is 14.5. The summed E-state index contributed by atoms with van der Waals surface area (Å²) in [5, 5.41) is 14.1. The second-order valence-electron chi connectivity index (χ2n) is 6.28. The number of methoxy groups -OCH3 is 3. The Balaban J connectivity index is 1.99. The molecule has 1 saturated carbocycles. The van der Waals surface area contributed by atoms with Crippen LogP contribution < -0.4 is 19.5 Å². The fourth-order valence-electron chi connectivity index (χ4n) is 3.24. The van der Waals surface area contributed by atoms with Crippen molar-refractivity contribution in [1.82, 2.24) is 5.32 Å². The van der Waals surface area contributed by atoms with Crippen LogP contribution in [0, 0.1) is 0 Å². The second kappa shape index (κ2) is 8.41. The molecule has 0 amide bonds. The zero-order chi connectivity index (χ0) is 16.7. The summed E-state index contributed by atoms with van der Waals surface area (Å²) in [5.41, 5.74) is 0.466. The molecule has 0 aromatic heterocycles. The van der Waals surface area contributed by atoms with Crippen LogP contribution in [0.25, 0.3) is 0 Å². The van der Waals surface area contributed by atoms with E-state index in [0.29, 0.717) is 30.3 Å². The molecule has 0 atom stereocenters. The van der Waals surface area contributed by atoms with Gasteiger partial charge in [0, 0.05) is 13.1 Å². The molecule has 0 bridgehead atoms. The van der Waals surface area contributed by atoms with E-state index in [1.165, 1.54) is 12.8 Å². The highest BCUT2D eigenvalue weighted by atomic mass is 16.5. The first-order chi connectivity index (χ1) is 11.1. The van der Waals surface area contributed by atoms with Crippen LogP contribution in [0.1, 0.15) is 44.1 Å². The van der Waals surface area contributed by atoms with Gasteiger partial charge in [0.05, 0.1) is 26.9 Å². The predicted octanol–water partition coefficient (Wildman–Crippen LogP) is 2.89. The Labute approximate surface area is 138 Å². The van der Waals surface area contributed by atoms with Crippen LogP contribution >= 0.6 is 0 Å². The minimum absolute atomic E-state index is 0.572. The molecule has 2 rings (SSSR count). The van der Waals surface area contributed by atoms with Crippen molar-refractivity contribution in [2.45, 2.75) is 50.7 Å². The van der Waals surface area contributed by atoms with Gasteiger partial charge in [-0.2, -0.15) is 0 Å². The molecule has 1 aromatic rings. The summed E-state index contributed by atoms with van der Waals surface area (Å²) in [7, 11) is 4.82. The Bertz CT molecular complexity index is 471. The average Bonchev–Trinajstić information content (AvgIpc) is 2.78. The molecule has 1 aliphatic rings. The summed E-state index contributed by atoms with van der Waals surface area (Å²) in [6.45, 7) is 1.27. The van der Waals surface area contributed by atoms with Gasteiger partial charge in [-0.25, -0.2) is 0 Å². The maximum absolute atomic E-state index is 10.7. The molecule has 0 aliphatic heterocycles. The summed E-state index contributed by atoms with van der Waals surface area (Å²) < 4.78 is 16.1. The topological polar surface area (TPSA) is 60.0 Å². The highest BCUT2D eigenvalue weighted by molar-refractivity contribution is 5.53. The van der Waals surface area contributed by atoms with Gasteiger partial charge in [-0.1, -0.05) is 25.7 Å². The molecule has 5 nitrogen and oxygen atoms in total. The van der Waals surface area contributed by atoms with E-state index in [1.54, 1.807) is 21.3 Å². The maximum Gasteiger partial charge on any atom is 0.203 e. The Morgan fingerprint density at radius 3 is 2.00 bits per heavy atom. The quantitative estimate of drug-likeness (QED) is 0.756. The van der Waals surface area contributed by atoms with Crippen LogP contribution in [0.2, 0.25) is 0 Å². The third kappa shape index (κ3) is 4.75.